The van der Waals surface area contributed by atoms with Gasteiger partial charge in [0.15, 0.2) is 23.0 Å². The van der Waals surface area contributed by atoms with Gasteiger partial charge in [-0.15, -0.1) is 0 Å². The van der Waals surface area contributed by atoms with Crippen LogP contribution < -0.4 is 64.4 Å². The molecule has 10 aromatic rings. The molecular weight excluding hydrogens is 1290 g/mol. The van der Waals surface area contributed by atoms with Gasteiger partial charge in [-0.25, -0.2) is 8.78 Å². The molecule has 2 N–H and O–H groups in total. The molecule has 21 nitrogen and oxygen atoms in total. The van der Waals surface area contributed by atoms with E-state index in [9.17, 15) is 28.0 Å². The lowest BCUT2D eigenvalue weighted by atomic mass is 10.1. The Hall–Kier alpha value is -10.9. The molecule has 0 saturated carbocycles. The first kappa shape index (κ1) is 66.1. The third-order valence-corrected chi connectivity index (χ3v) is 16.3. The zero-order chi connectivity index (χ0) is 67.4. The number of pyridine rings is 4. The lowest BCUT2D eigenvalue weighted by Gasteiger charge is -2.26. The average molecular weight is 1360 g/mol. The Morgan fingerprint density at radius 2 is 1.09 bits per heavy atom. The van der Waals surface area contributed by atoms with Gasteiger partial charge in [0.1, 0.15) is 77.9 Å². The number of hydrogen-bond acceptors (Lipinski definition) is 17. The molecule has 496 valence electrons. The van der Waals surface area contributed by atoms with Gasteiger partial charge in [-0.05, 0) is 149 Å². The highest BCUT2D eigenvalue weighted by molar-refractivity contribution is 6.34. The average Bonchev–Trinajstić information content (AvgIpc) is 0.775. The van der Waals surface area contributed by atoms with Crippen molar-refractivity contribution in [1.29, 1.82) is 5.26 Å². The van der Waals surface area contributed by atoms with E-state index in [0.717, 1.165) is 26.1 Å². The molecule has 0 unspecified atom stereocenters. The summed E-state index contributed by atoms with van der Waals surface area (Å²) in [5, 5.41) is 15.8. The lowest BCUT2D eigenvalue weighted by molar-refractivity contribution is 0.101. The number of unbranched alkanes of at least 4 members (excludes halogenated alkanes) is 1. The van der Waals surface area contributed by atoms with Crippen molar-refractivity contribution in [2.45, 2.75) is 45.4 Å². The molecule has 25 heteroatoms. The van der Waals surface area contributed by atoms with Crippen molar-refractivity contribution >= 4 is 68.2 Å². The molecule has 1 fully saturated rings. The highest BCUT2D eigenvalue weighted by Crippen LogP contribution is 2.50. The first-order chi connectivity index (χ1) is 47.3. The fraction of sp³-hybridized carbons (Fsp3) is 0.236. The number of carbonyl (C=O) groups is 2. The van der Waals surface area contributed by atoms with Gasteiger partial charge in [0, 0.05) is 73.4 Å². The molecule has 0 spiro atoms. The van der Waals surface area contributed by atoms with Gasteiger partial charge in [0.2, 0.25) is 11.5 Å². The topological polar surface area (TPSA) is 238 Å². The summed E-state index contributed by atoms with van der Waals surface area (Å²) < 4.78 is 83.6. The van der Waals surface area contributed by atoms with Crippen LogP contribution in [0, 0.1) is 23.0 Å². The zero-order valence-corrected chi connectivity index (χ0v) is 53.8. The number of benzene rings is 6. The molecule has 2 amide bonds. The van der Waals surface area contributed by atoms with Gasteiger partial charge in [0.05, 0.1) is 69.1 Å². The number of anilines is 2. The number of ether oxygens (including phenoxy) is 9. The summed E-state index contributed by atoms with van der Waals surface area (Å²) in [5.74, 6) is 2.34. The lowest BCUT2D eigenvalue weighted by Crippen LogP contribution is -2.31. The van der Waals surface area contributed by atoms with Crippen LogP contribution in [0.1, 0.15) is 66.2 Å². The van der Waals surface area contributed by atoms with E-state index in [1.807, 2.05) is 6.07 Å². The van der Waals surface area contributed by atoms with Crippen molar-refractivity contribution in [2.24, 2.45) is 0 Å². The molecule has 3 aliphatic heterocycles. The molecule has 97 heavy (non-hydrogen) atoms. The SMILES string of the molecule is CCOc1ccn(-c2ccc(F)cc2)c(=O)c1C(=O)Nc1ccc(Oc2ccnc3cc(OCCCC#N)c4c(c23)OCCO4)cc1Cl.O=C(Nc1ccc(Oc2ccnc3cc(OCCCN4CCCCC4)c4c(c23)OCCO4)cc1Cl)c1cccn(-c2ccc(F)cc2)c1=O. The smallest absolute Gasteiger partial charge is 0.271 e. The normalized spacial score (nSPS) is 13.2. The molecule has 1 saturated heterocycles. The minimum atomic E-state index is -0.745. The number of nitrogens with one attached hydrogen (secondary N) is 2. The molecule has 4 aromatic heterocycles. The molecule has 0 bridgehead atoms. The van der Waals surface area contributed by atoms with Gasteiger partial charge in [-0.2, -0.15) is 5.26 Å². The number of halogens is 4. The van der Waals surface area contributed by atoms with Crippen LogP contribution in [-0.2, 0) is 0 Å². The second kappa shape index (κ2) is 30.6. The number of likely N-dealkylation sites (tertiary alicyclic amines) is 1. The molecule has 0 atom stereocenters. The summed E-state index contributed by atoms with van der Waals surface area (Å²) in [6.45, 7) is 7.52. The third kappa shape index (κ3) is 15.3. The van der Waals surface area contributed by atoms with E-state index < -0.39 is 34.6 Å². The summed E-state index contributed by atoms with van der Waals surface area (Å²) in [5.41, 5.74) is 0.898. The van der Waals surface area contributed by atoms with Crippen LogP contribution in [0.3, 0.4) is 0 Å². The fourth-order valence-electron chi connectivity index (χ4n) is 11.1. The second-order valence-corrected chi connectivity index (χ2v) is 23.0. The Kier molecular flexibility index (Phi) is 20.9. The monoisotopic (exact) mass is 1350 g/mol. The summed E-state index contributed by atoms with van der Waals surface area (Å²) in [7, 11) is 0. The van der Waals surface area contributed by atoms with Crippen LogP contribution >= 0.6 is 23.2 Å². The number of amides is 2. The molecule has 6 aromatic carbocycles. The standard InChI is InChI=1S/C37H34ClFN4O6.C35H28ClFN4O7/c38-28-22-26(11-12-29(28)41-36(44)27-6-4-18-43(37(27)45)25-9-7-24(39)8-10-25)49-31-13-14-40-30-23-32(34-35(33(30)31)48-21-20-47-34)46-19-5-17-42-15-2-1-3-16-42;1-2-44-27-12-15-41(22-7-5-21(37)6-8-22)35(43)31(27)34(42)40-25-10-9-23(19-24(25)36)48-28-11-14-39-26-20-29(45-16-4-3-13-38)32-33(30(26)28)47-18-17-46-32/h4,6-14,18,22-23H,1-3,5,15-17,19-21H2,(H,41,44);5-12,14-15,19-20H,2-4,16-18H2,1H3,(H,40,42). The largest absolute Gasteiger partial charge is 0.493 e. The summed E-state index contributed by atoms with van der Waals surface area (Å²) in [6.07, 6.45) is 11.8. The fourth-order valence-corrected chi connectivity index (χ4v) is 11.6. The van der Waals surface area contributed by atoms with E-state index in [4.69, 9.17) is 71.1 Å². The predicted octanol–water partition coefficient (Wildman–Crippen LogP) is 14.3. The van der Waals surface area contributed by atoms with Gasteiger partial charge >= 0.3 is 0 Å². The van der Waals surface area contributed by atoms with Gasteiger partial charge in [0.25, 0.3) is 22.9 Å². The van der Waals surface area contributed by atoms with Crippen LogP contribution in [0.4, 0.5) is 20.2 Å². The maximum Gasteiger partial charge on any atom is 0.271 e. The molecule has 0 aliphatic carbocycles. The van der Waals surface area contributed by atoms with Crippen LogP contribution in [-0.4, -0.2) is 102 Å². The van der Waals surface area contributed by atoms with Crippen molar-refractivity contribution in [3.8, 4) is 80.7 Å². The number of fused-ring (bicyclic) bond motifs is 6. The van der Waals surface area contributed by atoms with Crippen molar-refractivity contribution in [2.75, 3.05) is 76.5 Å². The van der Waals surface area contributed by atoms with E-state index in [1.165, 1.54) is 108 Å². The number of carbonyl (C=O) groups excluding carboxylic acids is 2. The van der Waals surface area contributed by atoms with Crippen LogP contribution in [0.25, 0.3) is 33.2 Å². The zero-order valence-electron chi connectivity index (χ0n) is 52.2. The maximum absolute atomic E-state index is 13.5. The second-order valence-electron chi connectivity index (χ2n) is 22.2. The highest BCUT2D eigenvalue weighted by atomic mass is 35.5. The van der Waals surface area contributed by atoms with E-state index in [-0.39, 0.29) is 44.9 Å². The number of nitrogens with zero attached hydrogens (tertiary/aromatic N) is 6. The Bertz CT molecular complexity index is 4740. The van der Waals surface area contributed by atoms with E-state index in [0.29, 0.717) is 143 Å². The third-order valence-electron chi connectivity index (χ3n) is 15.7. The van der Waals surface area contributed by atoms with Gasteiger partial charge in [-0.3, -0.25) is 38.3 Å². The van der Waals surface area contributed by atoms with Gasteiger partial charge in [-0.1, -0.05) is 29.6 Å². The molecular formula is C72H62Cl2F2N8O13. The maximum atomic E-state index is 13.5. The first-order valence-electron chi connectivity index (χ1n) is 31.3. The number of nitriles is 1. The summed E-state index contributed by atoms with van der Waals surface area (Å²) in [4.78, 5) is 64.7. The van der Waals surface area contributed by atoms with Crippen molar-refractivity contribution in [1.82, 2.24) is 24.0 Å². The molecule has 3 aliphatic rings. The minimum absolute atomic E-state index is 0.0873. The highest BCUT2D eigenvalue weighted by Gasteiger charge is 2.28. The minimum Gasteiger partial charge on any atom is -0.493 e. The van der Waals surface area contributed by atoms with Crippen molar-refractivity contribution < 1.29 is 61.0 Å². The number of rotatable bonds is 21. The predicted molar refractivity (Wildman–Crippen MR) is 360 cm³/mol. The number of aromatic nitrogens is 4. The quantitative estimate of drug-likeness (QED) is 0.0636. The Labute approximate surface area is 564 Å². The first-order valence-corrected chi connectivity index (χ1v) is 32.0. The Balaban J connectivity index is 0.000000185. The van der Waals surface area contributed by atoms with Crippen LogP contribution in [0.15, 0.2) is 162 Å². The number of hydrogen-bond donors (Lipinski definition) is 2. The van der Waals surface area contributed by atoms with E-state index in [2.05, 4.69) is 31.6 Å². The van der Waals surface area contributed by atoms with Crippen molar-refractivity contribution in [3.63, 3.8) is 0 Å². The van der Waals surface area contributed by atoms with Crippen molar-refractivity contribution in [3.05, 3.63) is 206 Å². The number of piperidine rings is 1. The Morgan fingerprint density at radius 3 is 1.62 bits per heavy atom. The summed E-state index contributed by atoms with van der Waals surface area (Å²) >= 11 is 13.2. The summed E-state index contributed by atoms with van der Waals surface area (Å²) in [6, 6.07) is 33.7. The molecule has 0 radical (unpaired) electrons. The van der Waals surface area contributed by atoms with Gasteiger partial charge < -0.3 is 58.2 Å². The molecule has 13 rings (SSSR count). The van der Waals surface area contributed by atoms with Crippen LogP contribution in [0.5, 0.6) is 63.2 Å². The van der Waals surface area contributed by atoms with E-state index in [1.54, 1.807) is 73.9 Å². The van der Waals surface area contributed by atoms with Crippen LogP contribution in [0.2, 0.25) is 10.0 Å². The van der Waals surface area contributed by atoms with E-state index >= 15 is 0 Å². The Morgan fingerprint density at radius 1 is 0.577 bits per heavy atom. The molecule has 7 heterocycles.